The fourth-order valence-corrected chi connectivity index (χ4v) is 2.67. The fourth-order valence-electron chi connectivity index (χ4n) is 2.67. The van der Waals surface area contributed by atoms with Gasteiger partial charge in [-0.3, -0.25) is 14.9 Å². The number of non-ortho nitro benzene ring substituents is 1. The lowest BCUT2D eigenvalue weighted by molar-refractivity contribution is -0.384. The van der Waals surface area contributed by atoms with Gasteiger partial charge in [0, 0.05) is 36.5 Å². The molecule has 27 heavy (non-hydrogen) atoms. The lowest BCUT2D eigenvalue weighted by Gasteiger charge is -2.23. The zero-order chi connectivity index (χ0) is 19.6. The van der Waals surface area contributed by atoms with Crippen molar-refractivity contribution < 1.29 is 9.72 Å². The Balaban J connectivity index is 1.98. The fraction of sp³-hybridized carbons (Fsp3) is 0.300. The quantitative estimate of drug-likeness (QED) is 0.412. The normalized spacial score (nSPS) is 10.7. The SMILES string of the molecule is CCCN(CCC)c1ccc(C=NNC(=O)c2cccc([N+](=O)[O-])c2)cc1. The van der Waals surface area contributed by atoms with Gasteiger partial charge in [0.15, 0.2) is 0 Å². The number of hydrazone groups is 1. The summed E-state index contributed by atoms with van der Waals surface area (Å²) in [6.45, 7) is 6.35. The molecule has 2 aromatic rings. The van der Waals surface area contributed by atoms with Crippen LogP contribution in [0.1, 0.15) is 42.6 Å². The Hall–Kier alpha value is -3.22. The molecule has 0 aliphatic carbocycles. The van der Waals surface area contributed by atoms with Crippen molar-refractivity contribution in [1.29, 1.82) is 0 Å². The van der Waals surface area contributed by atoms with Crippen molar-refractivity contribution in [2.45, 2.75) is 26.7 Å². The molecule has 0 heterocycles. The van der Waals surface area contributed by atoms with Gasteiger partial charge in [0.2, 0.25) is 0 Å². The van der Waals surface area contributed by atoms with E-state index in [1.165, 1.54) is 24.3 Å². The summed E-state index contributed by atoms with van der Waals surface area (Å²) in [5, 5.41) is 14.7. The van der Waals surface area contributed by atoms with Crippen LogP contribution in [0.3, 0.4) is 0 Å². The van der Waals surface area contributed by atoms with Crippen LogP contribution in [-0.2, 0) is 0 Å². The number of hydrogen-bond donors (Lipinski definition) is 1. The van der Waals surface area contributed by atoms with Crippen LogP contribution >= 0.6 is 0 Å². The number of nitro benzene ring substituents is 1. The minimum atomic E-state index is -0.540. The highest BCUT2D eigenvalue weighted by Crippen LogP contribution is 2.16. The number of amides is 1. The van der Waals surface area contributed by atoms with E-state index in [2.05, 4.69) is 29.3 Å². The monoisotopic (exact) mass is 368 g/mol. The van der Waals surface area contributed by atoms with Crippen molar-refractivity contribution in [2.75, 3.05) is 18.0 Å². The zero-order valence-electron chi connectivity index (χ0n) is 15.6. The molecular weight excluding hydrogens is 344 g/mol. The summed E-state index contributed by atoms with van der Waals surface area (Å²) in [5.74, 6) is -0.497. The Kier molecular flexibility index (Phi) is 7.49. The number of hydrogen-bond acceptors (Lipinski definition) is 5. The molecule has 0 spiro atoms. The van der Waals surface area contributed by atoms with Crippen LogP contribution in [-0.4, -0.2) is 30.1 Å². The third kappa shape index (κ3) is 5.91. The first-order chi connectivity index (χ1) is 13.0. The zero-order valence-corrected chi connectivity index (χ0v) is 15.6. The number of nitrogens with one attached hydrogen (secondary N) is 1. The first kappa shape index (κ1) is 20.1. The van der Waals surface area contributed by atoms with Gasteiger partial charge in [-0.1, -0.05) is 32.0 Å². The maximum absolute atomic E-state index is 12.0. The molecule has 1 N–H and O–H groups in total. The number of carbonyl (C=O) groups is 1. The number of nitro groups is 1. The third-order valence-electron chi connectivity index (χ3n) is 3.94. The Labute approximate surface area is 158 Å². The van der Waals surface area contributed by atoms with Crippen molar-refractivity contribution in [2.24, 2.45) is 5.10 Å². The van der Waals surface area contributed by atoms with Crippen molar-refractivity contribution in [3.05, 3.63) is 69.8 Å². The van der Waals surface area contributed by atoms with Gasteiger partial charge in [-0.15, -0.1) is 0 Å². The molecule has 0 aliphatic heterocycles. The van der Waals surface area contributed by atoms with Crippen molar-refractivity contribution in [3.8, 4) is 0 Å². The van der Waals surface area contributed by atoms with E-state index in [0.29, 0.717) is 0 Å². The van der Waals surface area contributed by atoms with Gasteiger partial charge in [0.25, 0.3) is 11.6 Å². The summed E-state index contributed by atoms with van der Waals surface area (Å²) in [5.41, 5.74) is 4.46. The lowest BCUT2D eigenvalue weighted by atomic mass is 10.2. The molecule has 0 saturated carbocycles. The topological polar surface area (TPSA) is 87.8 Å². The van der Waals surface area contributed by atoms with E-state index in [1.807, 2.05) is 24.3 Å². The van der Waals surface area contributed by atoms with E-state index in [-0.39, 0.29) is 11.3 Å². The Bertz CT molecular complexity index is 797. The molecule has 0 atom stereocenters. The van der Waals surface area contributed by atoms with Crippen LogP contribution in [0.2, 0.25) is 0 Å². The number of rotatable bonds is 9. The molecule has 0 aliphatic rings. The largest absolute Gasteiger partial charge is 0.372 e. The van der Waals surface area contributed by atoms with Gasteiger partial charge in [-0.25, -0.2) is 5.43 Å². The van der Waals surface area contributed by atoms with Crippen LogP contribution < -0.4 is 10.3 Å². The minimum Gasteiger partial charge on any atom is -0.372 e. The number of anilines is 1. The van der Waals surface area contributed by atoms with E-state index in [4.69, 9.17) is 0 Å². The van der Waals surface area contributed by atoms with Gasteiger partial charge in [-0.2, -0.15) is 5.10 Å². The van der Waals surface area contributed by atoms with Crippen LogP contribution in [0.5, 0.6) is 0 Å². The summed E-state index contributed by atoms with van der Waals surface area (Å²) in [6.07, 6.45) is 3.72. The smallest absolute Gasteiger partial charge is 0.271 e. The van der Waals surface area contributed by atoms with E-state index < -0.39 is 10.8 Å². The highest BCUT2D eigenvalue weighted by molar-refractivity contribution is 5.95. The predicted octanol–water partition coefficient (Wildman–Crippen LogP) is 3.99. The Morgan fingerprint density at radius 3 is 2.41 bits per heavy atom. The van der Waals surface area contributed by atoms with Crippen LogP contribution in [0.25, 0.3) is 0 Å². The van der Waals surface area contributed by atoms with Crippen LogP contribution in [0.4, 0.5) is 11.4 Å². The van der Waals surface area contributed by atoms with E-state index in [0.717, 1.165) is 37.2 Å². The average Bonchev–Trinajstić information content (AvgIpc) is 2.68. The maximum Gasteiger partial charge on any atom is 0.271 e. The van der Waals surface area contributed by atoms with Crippen molar-refractivity contribution >= 4 is 23.5 Å². The summed E-state index contributed by atoms with van der Waals surface area (Å²) >= 11 is 0. The van der Waals surface area contributed by atoms with E-state index in [9.17, 15) is 14.9 Å². The second-order valence-electron chi connectivity index (χ2n) is 6.09. The lowest BCUT2D eigenvalue weighted by Crippen LogP contribution is -2.24. The third-order valence-corrected chi connectivity index (χ3v) is 3.94. The predicted molar refractivity (Wildman–Crippen MR) is 107 cm³/mol. The molecule has 0 saturated heterocycles. The highest BCUT2D eigenvalue weighted by atomic mass is 16.6. The molecule has 0 radical (unpaired) electrons. The second-order valence-corrected chi connectivity index (χ2v) is 6.09. The number of benzene rings is 2. The van der Waals surface area contributed by atoms with Gasteiger partial charge in [0.05, 0.1) is 11.1 Å². The molecule has 0 fully saturated rings. The average molecular weight is 368 g/mol. The summed E-state index contributed by atoms with van der Waals surface area (Å²) in [4.78, 5) is 24.6. The van der Waals surface area contributed by atoms with Gasteiger partial charge in [0.1, 0.15) is 0 Å². The molecule has 0 bridgehead atoms. The molecule has 142 valence electrons. The van der Waals surface area contributed by atoms with Crippen LogP contribution in [0.15, 0.2) is 53.6 Å². The minimum absolute atomic E-state index is 0.133. The van der Waals surface area contributed by atoms with E-state index >= 15 is 0 Å². The molecule has 0 unspecified atom stereocenters. The van der Waals surface area contributed by atoms with Gasteiger partial charge in [-0.05, 0) is 36.6 Å². The molecular formula is C20H24N4O3. The first-order valence-corrected chi connectivity index (χ1v) is 8.98. The number of nitrogens with zero attached hydrogens (tertiary/aromatic N) is 3. The first-order valence-electron chi connectivity index (χ1n) is 8.98. The summed E-state index contributed by atoms with van der Waals surface area (Å²) in [6, 6.07) is 13.5. The number of carbonyl (C=O) groups excluding carboxylic acids is 1. The highest BCUT2D eigenvalue weighted by Gasteiger charge is 2.10. The van der Waals surface area contributed by atoms with Crippen molar-refractivity contribution in [1.82, 2.24) is 5.43 Å². The van der Waals surface area contributed by atoms with Crippen molar-refractivity contribution in [3.63, 3.8) is 0 Å². The van der Waals surface area contributed by atoms with Gasteiger partial charge < -0.3 is 4.90 Å². The van der Waals surface area contributed by atoms with Crippen LogP contribution in [0, 0.1) is 10.1 Å². The second kappa shape index (κ2) is 10.1. The summed E-state index contributed by atoms with van der Waals surface area (Å²) < 4.78 is 0. The molecule has 7 heteroatoms. The Morgan fingerprint density at radius 2 is 1.81 bits per heavy atom. The summed E-state index contributed by atoms with van der Waals surface area (Å²) in [7, 11) is 0. The molecule has 0 aromatic heterocycles. The van der Waals surface area contributed by atoms with E-state index in [1.54, 1.807) is 6.21 Å². The van der Waals surface area contributed by atoms with Gasteiger partial charge >= 0.3 is 0 Å². The molecule has 2 rings (SSSR count). The standard InChI is InChI=1S/C20H24N4O3/c1-3-12-23(13-4-2)18-10-8-16(9-11-18)15-21-22-20(25)17-6-5-7-19(14-17)24(26)27/h5-11,14-15H,3-4,12-13H2,1-2H3,(H,22,25). The Morgan fingerprint density at radius 1 is 1.15 bits per heavy atom. The molecule has 2 aromatic carbocycles. The maximum atomic E-state index is 12.0. The molecule has 1 amide bonds. The molecule has 7 nitrogen and oxygen atoms in total.